The number of nitrogens with one attached hydrogen (secondary N) is 2. The SMILES string of the molecule is CC(C)Oc1cc(C(=O)N[C@@H](Cc2ccccc2)[C@@H](N)C[C@@H](C)C(=O)Nc2ccc(F)cc2)cc(N(C)S(=O)(=O)c2ccccc2)c1. The van der Waals surface area contributed by atoms with Crippen molar-refractivity contribution in [2.24, 2.45) is 11.7 Å². The van der Waals surface area contributed by atoms with E-state index in [2.05, 4.69) is 10.6 Å². The Labute approximate surface area is 276 Å². The number of carbonyl (C=O) groups excluding carboxylic acids is 2. The Morgan fingerprint density at radius 3 is 2.13 bits per heavy atom. The topological polar surface area (TPSA) is 131 Å². The summed E-state index contributed by atoms with van der Waals surface area (Å²) >= 11 is 0. The van der Waals surface area contributed by atoms with Crippen LogP contribution in [0.3, 0.4) is 0 Å². The zero-order chi connectivity index (χ0) is 34.1. The van der Waals surface area contributed by atoms with Crippen molar-refractivity contribution in [2.45, 2.75) is 56.7 Å². The van der Waals surface area contributed by atoms with Crippen LogP contribution < -0.4 is 25.4 Å². The van der Waals surface area contributed by atoms with Crippen LogP contribution in [0.15, 0.2) is 108 Å². The van der Waals surface area contributed by atoms with Crippen LogP contribution in [0.5, 0.6) is 5.75 Å². The molecule has 0 aliphatic heterocycles. The number of nitrogens with zero attached hydrogens (tertiary/aromatic N) is 1. The van der Waals surface area contributed by atoms with Crippen LogP contribution in [0.1, 0.15) is 43.1 Å². The zero-order valence-electron chi connectivity index (χ0n) is 26.9. The van der Waals surface area contributed by atoms with Crippen molar-refractivity contribution in [3.8, 4) is 5.75 Å². The van der Waals surface area contributed by atoms with E-state index in [1.54, 1.807) is 37.3 Å². The van der Waals surface area contributed by atoms with Gasteiger partial charge in [0.1, 0.15) is 11.6 Å². The first-order chi connectivity index (χ1) is 22.3. The number of hydrogen-bond donors (Lipinski definition) is 3. The minimum absolute atomic E-state index is 0.107. The summed E-state index contributed by atoms with van der Waals surface area (Å²) in [6.07, 6.45) is 0.390. The Morgan fingerprint density at radius 1 is 0.894 bits per heavy atom. The first-order valence-electron chi connectivity index (χ1n) is 15.4. The maximum absolute atomic E-state index is 13.9. The molecule has 0 fully saturated rings. The molecule has 11 heteroatoms. The van der Waals surface area contributed by atoms with Crippen LogP contribution >= 0.6 is 0 Å². The molecule has 4 aromatic rings. The molecule has 2 amide bonds. The molecule has 0 saturated carbocycles. The lowest BCUT2D eigenvalue weighted by molar-refractivity contribution is -0.119. The molecule has 0 saturated heterocycles. The predicted octanol–water partition coefficient (Wildman–Crippen LogP) is 5.77. The molecule has 9 nitrogen and oxygen atoms in total. The van der Waals surface area contributed by atoms with Gasteiger partial charge in [0, 0.05) is 42.4 Å². The quantitative estimate of drug-likeness (QED) is 0.157. The van der Waals surface area contributed by atoms with E-state index in [0.29, 0.717) is 17.9 Å². The van der Waals surface area contributed by atoms with Crippen LogP contribution in [0, 0.1) is 11.7 Å². The van der Waals surface area contributed by atoms with Crippen molar-refractivity contribution in [3.63, 3.8) is 0 Å². The van der Waals surface area contributed by atoms with Crippen LogP contribution in [0.2, 0.25) is 0 Å². The number of benzene rings is 4. The molecule has 47 heavy (non-hydrogen) atoms. The Bertz CT molecular complexity index is 1750. The standard InChI is InChI=1S/C36H41FN4O5S/c1-24(2)46-31-22-27(21-30(23-31)41(4)47(44,45)32-13-9-6-10-14-32)36(43)40-34(20-26-11-7-5-8-12-26)33(38)19-25(3)35(42)39-29-17-15-28(37)16-18-29/h5-18,21-25,33-34H,19-20,38H2,1-4H3,(H,39,42)(H,40,43)/t25-,33+,34+/m1/s1. The lowest BCUT2D eigenvalue weighted by Gasteiger charge is -2.28. The van der Waals surface area contributed by atoms with E-state index in [9.17, 15) is 22.4 Å². The van der Waals surface area contributed by atoms with Crippen molar-refractivity contribution in [1.29, 1.82) is 0 Å². The van der Waals surface area contributed by atoms with Gasteiger partial charge in [0.15, 0.2) is 0 Å². The second-order valence-electron chi connectivity index (χ2n) is 11.7. The highest BCUT2D eigenvalue weighted by Crippen LogP contribution is 2.29. The minimum atomic E-state index is -3.93. The van der Waals surface area contributed by atoms with Gasteiger partial charge in [-0.1, -0.05) is 55.5 Å². The number of anilines is 2. The average Bonchev–Trinajstić information content (AvgIpc) is 3.05. The molecule has 4 aromatic carbocycles. The fraction of sp³-hybridized carbons (Fsp3) is 0.278. The Morgan fingerprint density at radius 2 is 1.51 bits per heavy atom. The summed E-state index contributed by atoms with van der Waals surface area (Å²) in [7, 11) is -2.51. The normalized spacial score (nSPS) is 13.3. The first kappa shape index (κ1) is 35.1. The highest BCUT2D eigenvalue weighted by molar-refractivity contribution is 7.92. The fourth-order valence-electron chi connectivity index (χ4n) is 5.03. The average molecular weight is 661 g/mol. The summed E-state index contributed by atoms with van der Waals surface area (Å²) in [5.41, 5.74) is 8.50. The maximum Gasteiger partial charge on any atom is 0.264 e. The monoisotopic (exact) mass is 660 g/mol. The summed E-state index contributed by atoms with van der Waals surface area (Å²) in [4.78, 5) is 26.9. The van der Waals surface area contributed by atoms with Gasteiger partial charge in [-0.25, -0.2) is 12.8 Å². The number of rotatable bonds is 14. The summed E-state index contributed by atoms with van der Waals surface area (Å²) in [6, 6.07) is 26.4. The van der Waals surface area contributed by atoms with Gasteiger partial charge in [-0.15, -0.1) is 0 Å². The molecule has 3 atom stereocenters. The molecule has 0 bridgehead atoms. The first-order valence-corrected chi connectivity index (χ1v) is 16.8. The number of nitrogens with two attached hydrogens (primary N) is 1. The number of amides is 2. The second kappa shape index (κ2) is 15.7. The molecular weight excluding hydrogens is 619 g/mol. The van der Waals surface area contributed by atoms with Crippen molar-refractivity contribution in [1.82, 2.24) is 5.32 Å². The van der Waals surface area contributed by atoms with E-state index < -0.39 is 39.7 Å². The van der Waals surface area contributed by atoms with Gasteiger partial charge >= 0.3 is 0 Å². The predicted molar refractivity (Wildman–Crippen MR) is 182 cm³/mol. The van der Waals surface area contributed by atoms with Crippen LogP contribution in [-0.4, -0.2) is 45.5 Å². The lowest BCUT2D eigenvalue weighted by atomic mass is 9.92. The summed E-state index contributed by atoms with van der Waals surface area (Å²) < 4.78 is 47.2. The summed E-state index contributed by atoms with van der Waals surface area (Å²) in [5, 5.41) is 5.81. The van der Waals surface area contributed by atoms with Gasteiger partial charge in [0.2, 0.25) is 5.91 Å². The third kappa shape index (κ3) is 9.63. The van der Waals surface area contributed by atoms with Gasteiger partial charge < -0.3 is 21.1 Å². The molecule has 0 heterocycles. The van der Waals surface area contributed by atoms with Gasteiger partial charge in [0.25, 0.3) is 15.9 Å². The highest BCUT2D eigenvalue weighted by atomic mass is 32.2. The van der Waals surface area contributed by atoms with Gasteiger partial charge in [-0.2, -0.15) is 0 Å². The Kier molecular flexibility index (Phi) is 11.7. The van der Waals surface area contributed by atoms with Crippen LogP contribution in [0.25, 0.3) is 0 Å². The van der Waals surface area contributed by atoms with Crippen LogP contribution in [0.4, 0.5) is 15.8 Å². The van der Waals surface area contributed by atoms with E-state index in [4.69, 9.17) is 10.5 Å². The Balaban J connectivity index is 1.59. The van der Waals surface area contributed by atoms with Crippen molar-refractivity contribution < 1.29 is 27.1 Å². The summed E-state index contributed by atoms with van der Waals surface area (Å²) in [5.74, 6) is -1.38. The molecule has 0 radical (unpaired) electrons. The minimum Gasteiger partial charge on any atom is -0.491 e. The second-order valence-corrected chi connectivity index (χ2v) is 13.7. The molecular formula is C36H41FN4O5S. The molecule has 4 rings (SSSR count). The van der Waals surface area contributed by atoms with E-state index in [-0.39, 0.29) is 34.6 Å². The number of hydrogen-bond acceptors (Lipinski definition) is 6. The van der Waals surface area contributed by atoms with E-state index in [1.807, 2.05) is 44.2 Å². The number of halogens is 1. The van der Waals surface area contributed by atoms with E-state index in [0.717, 1.165) is 9.87 Å². The van der Waals surface area contributed by atoms with E-state index >= 15 is 0 Å². The third-order valence-corrected chi connectivity index (χ3v) is 9.41. The maximum atomic E-state index is 13.9. The zero-order valence-corrected chi connectivity index (χ0v) is 27.7. The van der Waals surface area contributed by atoms with Crippen LogP contribution in [-0.2, 0) is 21.2 Å². The van der Waals surface area contributed by atoms with Gasteiger partial charge in [0.05, 0.1) is 16.7 Å². The molecule has 0 unspecified atom stereocenters. The largest absolute Gasteiger partial charge is 0.491 e. The Hall–Kier alpha value is -4.74. The molecule has 4 N–H and O–H groups in total. The molecule has 0 aliphatic rings. The number of ether oxygens (including phenoxy) is 1. The third-order valence-electron chi connectivity index (χ3n) is 7.61. The van der Waals surface area contributed by atoms with Crippen molar-refractivity contribution in [3.05, 3.63) is 120 Å². The highest BCUT2D eigenvalue weighted by Gasteiger charge is 2.27. The number of sulfonamides is 1. The molecule has 248 valence electrons. The smallest absolute Gasteiger partial charge is 0.264 e. The van der Waals surface area contributed by atoms with E-state index in [1.165, 1.54) is 49.5 Å². The van der Waals surface area contributed by atoms with Gasteiger partial charge in [-0.3, -0.25) is 13.9 Å². The molecule has 0 aromatic heterocycles. The molecule has 0 aliphatic carbocycles. The van der Waals surface area contributed by atoms with Crippen molar-refractivity contribution >= 4 is 33.2 Å². The fourth-order valence-corrected chi connectivity index (χ4v) is 6.23. The number of carbonyl (C=O) groups is 2. The summed E-state index contributed by atoms with van der Waals surface area (Å²) in [6.45, 7) is 5.40. The lowest BCUT2D eigenvalue weighted by Crippen LogP contribution is -2.50. The molecule has 0 spiro atoms. The van der Waals surface area contributed by atoms with Gasteiger partial charge in [-0.05, 0) is 80.8 Å². The van der Waals surface area contributed by atoms with Crippen molar-refractivity contribution in [2.75, 3.05) is 16.7 Å².